The van der Waals surface area contributed by atoms with Crippen LogP contribution in [0.3, 0.4) is 0 Å². The van der Waals surface area contributed by atoms with Crippen molar-refractivity contribution in [2.24, 2.45) is 16.7 Å². The van der Waals surface area contributed by atoms with E-state index in [-0.39, 0.29) is 22.4 Å². The topological polar surface area (TPSA) is 26.3 Å². The third-order valence-corrected chi connectivity index (χ3v) is 7.30. The molecular formula is C22H40O2. The first-order valence-corrected chi connectivity index (χ1v) is 10.6. The zero-order valence-corrected chi connectivity index (χ0v) is 16.9. The van der Waals surface area contributed by atoms with Gasteiger partial charge in [0.05, 0.1) is 5.41 Å². The summed E-state index contributed by atoms with van der Waals surface area (Å²) in [5, 5.41) is 0. The van der Waals surface area contributed by atoms with Crippen molar-refractivity contribution in [1.82, 2.24) is 0 Å². The van der Waals surface area contributed by atoms with Crippen molar-refractivity contribution < 1.29 is 9.53 Å². The highest BCUT2D eigenvalue weighted by molar-refractivity contribution is 5.76. The molecule has 0 aliphatic heterocycles. The molecule has 0 saturated heterocycles. The summed E-state index contributed by atoms with van der Waals surface area (Å²) in [6, 6.07) is 0. The van der Waals surface area contributed by atoms with Crippen molar-refractivity contribution in [2.75, 3.05) is 0 Å². The Morgan fingerprint density at radius 2 is 1.58 bits per heavy atom. The molecule has 2 nitrogen and oxygen atoms in total. The lowest BCUT2D eigenvalue weighted by Crippen LogP contribution is -2.51. The van der Waals surface area contributed by atoms with Crippen LogP contribution in [0, 0.1) is 16.7 Å². The van der Waals surface area contributed by atoms with Crippen LogP contribution < -0.4 is 0 Å². The van der Waals surface area contributed by atoms with Crippen LogP contribution in [0.4, 0.5) is 0 Å². The maximum Gasteiger partial charge on any atom is 0.312 e. The zero-order chi connectivity index (χ0) is 17.8. The van der Waals surface area contributed by atoms with Crippen molar-refractivity contribution in [1.29, 1.82) is 0 Å². The second-order valence-corrected chi connectivity index (χ2v) is 9.26. The highest BCUT2D eigenvalue weighted by Gasteiger charge is 2.59. The fraction of sp³-hybridized carbons (Fsp3) is 0.955. The van der Waals surface area contributed by atoms with Gasteiger partial charge in [0, 0.05) is 5.41 Å². The second kappa shape index (κ2) is 7.79. The lowest BCUT2D eigenvalue weighted by molar-refractivity contribution is -0.192. The van der Waals surface area contributed by atoms with Crippen LogP contribution in [0.1, 0.15) is 112 Å². The first-order chi connectivity index (χ1) is 11.3. The van der Waals surface area contributed by atoms with Gasteiger partial charge in [-0.3, -0.25) is 4.79 Å². The van der Waals surface area contributed by atoms with Gasteiger partial charge in [-0.1, -0.05) is 33.6 Å². The van der Waals surface area contributed by atoms with Gasteiger partial charge in [-0.25, -0.2) is 0 Å². The third kappa shape index (κ3) is 3.68. The maximum atomic E-state index is 13.0. The smallest absolute Gasteiger partial charge is 0.312 e. The average molecular weight is 337 g/mol. The number of esters is 1. The summed E-state index contributed by atoms with van der Waals surface area (Å²) in [6.07, 6.45) is 14.3. The van der Waals surface area contributed by atoms with E-state index in [1.807, 2.05) is 13.8 Å². The predicted molar refractivity (Wildman–Crippen MR) is 101 cm³/mol. The van der Waals surface area contributed by atoms with Crippen LogP contribution in [0.5, 0.6) is 0 Å². The van der Waals surface area contributed by atoms with Gasteiger partial charge in [0.15, 0.2) is 0 Å². The van der Waals surface area contributed by atoms with Gasteiger partial charge in [0.1, 0.15) is 5.60 Å². The Hall–Kier alpha value is -0.530. The molecule has 0 heterocycles. The molecule has 2 aliphatic carbocycles. The number of fused-ring (bicyclic) bond motifs is 2. The molecule has 0 aromatic rings. The van der Waals surface area contributed by atoms with Crippen molar-refractivity contribution in [2.45, 2.75) is 117 Å². The summed E-state index contributed by atoms with van der Waals surface area (Å²) in [6.45, 7) is 10.7. The predicted octanol–water partition coefficient (Wildman–Crippen LogP) is 6.67. The molecule has 0 radical (unpaired) electrons. The van der Waals surface area contributed by atoms with E-state index in [0.717, 1.165) is 25.2 Å². The molecule has 2 aliphatic rings. The minimum absolute atomic E-state index is 0.0435. The van der Waals surface area contributed by atoms with Gasteiger partial charge >= 0.3 is 5.97 Å². The summed E-state index contributed by atoms with van der Waals surface area (Å²) < 4.78 is 6.56. The monoisotopic (exact) mass is 336 g/mol. The first-order valence-electron chi connectivity index (χ1n) is 10.6. The molecule has 140 valence electrons. The second-order valence-electron chi connectivity index (χ2n) is 9.26. The minimum atomic E-state index is -0.364. The average Bonchev–Trinajstić information content (AvgIpc) is 3.19. The molecule has 24 heavy (non-hydrogen) atoms. The van der Waals surface area contributed by atoms with E-state index < -0.39 is 0 Å². The van der Waals surface area contributed by atoms with Gasteiger partial charge in [-0.15, -0.1) is 0 Å². The lowest BCUT2D eigenvalue weighted by Gasteiger charge is -2.49. The first kappa shape index (κ1) is 19.8. The number of carbonyl (C=O) groups is 1. The molecule has 2 rings (SSSR count). The highest BCUT2D eigenvalue weighted by atomic mass is 16.6. The molecule has 0 atom stereocenters. The quantitative estimate of drug-likeness (QED) is 0.417. The van der Waals surface area contributed by atoms with E-state index in [1.165, 1.54) is 57.8 Å². The number of unbranched alkanes of at least 4 members (excludes halogenated alkanes) is 2. The fourth-order valence-corrected chi connectivity index (χ4v) is 5.08. The number of rotatable bonds is 10. The van der Waals surface area contributed by atoms with E-state index in [2.05, 4.69) is 20.8 Å². The van der Waals surface area contributed by atoms with Gasteiger partial charge in [-0.05, 0) is 84.0 Å². The van der Waals surface area contributed by atoms with Crippen molar-refractivity contribution in [3.8, 4) is 0 Å². The highest BCUT2D eigenvalue weighted by Crippen LogP contribution is 2.63. The van der Waals surface area contributed by atoms with E-state index in [4.69, 9.17) is 4.74 Å². The third-order valence-electron chi connectivity index (χ3n) is 7.30. The molecule has 0 unspecified atom stereocenters. The molecular weight excluding hydrogens is 296 g/mol. The Labute approximate surface area is 150 Å². The van der Waals surface area contributed by atoms with Gasteiger partial charge in [-0.2, -0.15) is 0 Å². The van der Waals surface area contributed by atoms with Crippen molar-refractivity contribution >= 4 is 5.97 Å². The molecule has 2 fully saturated rings. The Balaban J connectivity index is 2.32. The van der Waals surface area contributed by atoms with Gasteiger partial charge < -0.3 is 4.74 Å². The van der Waals surface area contributed by atoms with Crippen LogP contribution in [0.2, 0.25) is 0 Å². The molecule has 0 aromatic carbocycles. The Morgan fingerprint density at radius 1 is 1.04 bits per heavy atom. The molecule has 2 heteroatoms. The van der Waals surface area contributed by atoms with Crippen molar-refractivity contribution in [3.63, 3.8) is 0 Å². The largest absolute Gasteiger partial charge is 0.458 e. The zero-order valence-electron chi connectivity index (χ0n) is 16.9. The van der Waals surface area contributed by atoms with Crippen molar-refractivity contribution in [3.05, 3.63) is 0 Å². The summed E-state index contributed by atoms with van der Waals surface area (Å²) in [7, 11) is 0. The normalized spacial score (nSPS) is 26.8. The fourth-order valence-electron chi connectivity index (χ4n) is 5.08. The van der Waals surface area contributed by atoms with E-state index in [1.54, 1.807) is 0 Å². The maximum absolute atomic E-state index is 13.0. The molecule has 2 saturated carbocycles. The number of hydrogen-bond acceptors (Lipinski definition) is 2. The number of carbonyl (C=O) groups excluding carboxylic acids is 1. The molecule has 0 aromatic heterocycles. The summed E-state index contributed by atoms with van der Waals surface area (Å²) in [4.78, 5) is 13.0. The van der Waals surface area contributed by atoms with Crippen LogP contribution in [-0.4, -0.2) is 11.6 Å². The molecule has 0 N–H and O–H groups in total. The lowest BCUT2D eigenvalue weighted by atomic mass is 9.65. The molecule has 0 amide bonds. The number of hydrogen-bond donors (Lipinski definition) is 0. The van der Waals surface area contributed by atoms with E-state index >= 15 is 0 Å². The summed E-state index contributed by atoms with van der Waals surface area (Å²) in [5.74, 6) is 0.937. The van der Waals surface area contributed by atoms with E-state index in [9.17, 15) is 4.79 Å². The van der Waals surface area contributed by atoms with Crippen LogP contribution in [0.25, 0.3) is 0 Å². The van der Waals surface area contributed by atoms with Crippen LogP contribution >= 0.6 is 0 Å². The minimum Gasteiger partial charge on any atom is -0.458 e. The van der Waals surface area contributed by atoms with Gasteiger partial charge in [0.25, 0.3) is 0 Å². The Morgan fingerprint density at radius 3 is 1.96 bits per heavy atom. The SMILES string of the molecule is CCCCC(CCCC)(OC(=O)C(C)(C)CC)C12CCC(CC1)C2. The molecule has 0 spiro atoms. The summed E-state index contributed by atoms with van der Waals surface area (Å²) >= 11 is 0. The number of ether oxygens (including phenoxy) is 1. The Bertz CT molecular complexity index is 408. The standard InChI is InChI=1S/C22H40O2/c1-6-9-13-22(14-10-7-2,24-19(23)20(4,5)8-3)21-15-11-18(17-21)12-16-21/h18H,6-17H2,1-5H3. The van der Waals surface area contributed by atoms with Crippen LogP contribution in [0.15, 0.2) is 0 Å². The van der Waals surface area contributed by atoms with Crippen LogP contribution in [-0.2, 0) is 9.53 Å². The van der Waals surface area contributed by atoms with E-state index in [0.29, 0.717) is 0 Å². The van der Waals surface area contributed by atoms with Gasteiger partial charge in [0.2, 0.25) is 0 Å². The molecule has 2 bridgehead atoms. The Kier molecular flexibility index (Phi) is 6.42. The summed E-state index contributed by atoms with van der Waals surface area (Å²) in [5.41, 5.74) is -0.286.